The van der Waals surface area contributed by atoms with Gasteiger partial charge in [-0.1, -0.05) is 13.0 Å². The maximum Gasteiger partial charge on any atom is 0.416 e. The van der Waals surface area contributed by atoms with Crippen LogP contribution in [0.15, 0.2) is 24.3 Å². The fourth-order valence-corrected chi connectivity index (χ4v) is 3.84. The zero-order chi connectivity index (χ0) is 17.2. The molecule has 0 aromatic heterocycles. The minimum atomic E-state index is -4.27. The monoisotopic (exact) mass is 341 g/mol. The lowest BCUT2D eigenvalue weighted by atomic mass is 10.0. The normalized spacial score (nSPS) is 24.3. The first-order valence-corrected chi connectivity index (χ1v) is 8.86. The van der Waals surface area contributed by atoms with Crippen molar-refractivity contribution < 1.29 is 13.2 Å². The number of piperazine rings is 1. The molecule has 24 heavy (non-hydrogen) atoms. The molecule has 0 N–H and O–H groups in total. The molecule has 0 saturated carbocycles. The van der Waals surface area contributed by atoms with E-state index in [0.29, 0.717) is 11.7 Å². The predicted octanol–water partition coefficient (Wildman–Crippen LogP) is 3.31. The van der Waals surface area contributed by atoms with Gasteiger partial charge in [-0.15, -0.1) is 0 Å². The van der Waals surface area contributed by atoms with Gasteiger partial charge in [-0.3, -0.25) is 4.90 Å². The summed E-state index contributed by atoms with van der Waals surface area (Å²) in [7, 11) is 0. The summed E-state index contributed by atoms with van der Waals surface area (Å²) in [4.78, 5) is 7.09. The Labute approximate surface area is 142 Å². The van der Waals surface area contributed by atoms with Crippen LogP contribution in [0, 0.1) is 0 Å². The third kappa shape index (κ3) is 4.03. The molecule has 2 saturated heterocycles. The first-order valence-electron chi connectivity index (χ1n) is 8.86. The summed E-state index contributed by atoms with van der Waals surface area (Å²) in [5, 5.41) is 0. The van der Waals surface area contributed by atoms with E-state index in [0.717, 1.165) is 45.3 Å². The number of likely N-dealkylation sites (N-methyl/N-ethyl adjacent to an activating group) is 1. The quantitative estimate of drug-likeness (QED) is 0.835. The summed E-state index contributed by atoms with van der Waals surface area (Å²) in [6, 6.07) is 6.30. The predicted molar refractivity (Wildman–Crippen MR) is 90.4 cm³/mol. The topological polar surface area (TPSA) is 9.72 Å². The minimum Gasteiger partial charge on any atom is -0.369 e. The van der Waals surface area contributed by atoms with E-state index in [2.05, 4.69) is 21.6 Å². The Morgan fingerprint density at radius 2 is 1.83 bits per heavy atom. The van der Waals surface area contributed by atoms with Crippen molar-refractivity contribution in [1.82, 2.24) is 9.80 Å². The Morgan fingerprint density at radius 1 is 1.08 bits per heavy atom. The van der Waals surface area contributed by atoms with E-state index < -0.39 is 11.7 Å². The van der Waals surface area contributed by atoms with Crippen LogP contribution in [0.5, 0.6) is 0 Å². The molecule has 1 atom stereocenters. The molecule has 0 unspecified atom stereocenters. The molecule has 3 rings (SSSR count). The highest BCUT2D eigenvalue weighted by Gasteiger charge is 2.32. The van der Waals surface area contributed by atoms with Crippen molar-refractivity contribution in [3.63, 3.8) is 0 Å². The van der Waals surface area contributed by atoms with Crippen molar-refractivity contribution in [3.8, 4) is 0 Å². The molecule has 2 fully saturated rings. The molecule has 6 heteroatoms. The molecule has 3 nitrogen and oxygen atoms in total. The molecule has 0 amide bonds. The third-order valence-corrected chi connectivity index (χ3v) is 5.30. The fraction of sp³-hybridized carbons (Fsp3) is 0.667. The van der Waals surface area contributed by atoms with Crippen LogP contribution in [0.2, 0.25) is 0 Å². The Bertz CT molecular complexity index is 539. The third-order valence-electron chi connectivity index (χ3n) is 5.30. The maximum absolute atomic E-state index is 12.9. The van der Waals surface area contributed by atoms with E-state index in [9.17, 15) is 13.2 Å². The number of halogens is 3. The van der Waals surface area contributed by atoms with Gasteiger partial charge in [0.2, 0.25) is 0 Å². The highest BCUT2D eigenvalue weighted by atomic mass is 19.4. The van der Waals surface area contributed by atoms with Crippen molar-refractivity contribution in [2.24, 2.45) is 0 Å². The number of alkyl halides is 3. The molecule has 2 aliphatic rings. The molecular weight excluding hydrogens is 315 g/mol. The Kier molecular flexibility index (Phi) is 5.35. The fourth-order valence-electron chi connectivity index (χ4n) is 3.84. The van der Waals surface area contributed by atoms with Gasteiger partial charge in [-0.25, -0.2) is 0 Å². The second-order valence-electron chi connectivity index (χ2n) is 6.76. The second-order valence-corrected chi connectivity index (χ2v) is 6.76. The Morgan fingerprint density at radius 3 is 2.50 bits per heavy atom. The van der Waals surface area contributed by atoms with Crippen molar-refractivity contribution in [1.29, 1.82) is 0 Å². The molecule has 0 radical (unpaired) electrons. The van der Waals surface area contributed by atoms with Gasteiger partial charge in [0.25, 0.3) is 0 Å². The lowest BCUT2D eigenvalue weighted by Crippen LogP contribution is -2.55. The first kappa shape index (κ1) is 17.5. The van der Waals surface area contributed by atoms with Crippen molar-refractivity contribution in [2.75, 3.05) is 50.7 Å². The smallest absolute Gasteiger partial charge is 0.369 e. The molecule has 0 bridgehead atoms. The number of hydrogen-bond acceptors (Lipinski definition) is 3. The van der Waals surface area contributed by atoms with Crippen molar-refractivity contribution in [3.05, 3.63) is 29.8 Å². The average molecular weight is 341 g/mol. The highest BCUT2D eigenvalue weighted by molar-refractivity contribution is 5.49. The SMILES string of the molecule is CCN1CCC[C@@H](N2CCN(c3cccc(C(F)(F)F)c3)CC2)C1. The van der Waals surface area contributed by atoms with Crippen LogP contribution < -0.4 is 4.90 Å². The summed E-state index contributed by atoms with van der Waals surface area (Å²) in [6.45, 7) is 9.07. The van der Waals surface area contributed by atoms with Gasteiger partial charge in [-0.2, -0.15) is 13.2 Å². The summed E-state index contributed by atoms with van der Waals surface area (Å²) >= 11 is 0. The summed E-state index contributed by atoms with van der Waals surface area (Å²) in [5.74, 6) is 0. The van der Waals surface area contributed by atoms with E-state index in [1.165, 1.54) is 31.5 Å². The van der Waals surface area contributed by atoms with Gasteiger partial charge in [0, 0.05) is 44.5 Å². The number of nitrogens with zero attached hydrogens (tertiary/aromatic N) is 3. The maximum atomic E-state index is 12.9. The number of benzene rings is 1. The van der Waals surface area contributed by atoms with Crippen LogP contribution in [0.4, 0.5) is 18.9 Å². The molecule has 1 aromatic rings. The highest BCUT2D eigenvalue weighted by Crippen LogP contribution is 2.32. The summed E-state index contributed by atoms with van der Waals surface area (Å²) < 4.78 is 38.6. The van der Waals surface area contributed by atoms with Crippen LogP contribution in [-0.4, -0.2) is 61.7 Å². The van der Waals surface area contributed by atoms with Gasteiger partial charge in [-0.05, 0) is 44.1 Å². The summed E-state index contributed by atoms with van der Waals surface area (Å²) in [5.41, 5.74) is 0.122. The van der Waals surface area contributed by atoms with Crippen molar-refractivity contribution >= 4 is 5.69 Å². The van der Waals surface area contributed by atoms with E-state index in [-0.39, 0.29) is 0 Å². The summed E-state index contributed by atoms with van der Waals surface area (Å²) in [6.07, 6.45) is -1.80. The minimum absolute atomic E-state index is 0.562. The van der Waals surface area contributed by atoms with E-state index >= 15 is 0 Å². The van der Waals surface area contributed by atoms with Crippen LogP contribution in [0.25, 0.3) is 0 Å². The first-order chi connectivity index (χ1) is 11.5. The standard InChI is InChI=1S/C18H26F3N3/c1-2-22-8-4-7-17(14-22)24-11-9-23(10-12-24)16-6-3-5-15(13-16)18(19,20)21/h3,5-6,13,17H,2,4,7-12,14H2,1H3/t17-/m1/s1. The van der Waals surface area contributed by atoms with E-state index in [4.69, 9.17) is 0 Å². The largest absolute Gasteiger partial charge is 0.416 e. The lowest BCUT2D eigenvalue weighted by Gasteiger charge is -2.43. The van der Waals surface area contributed by atoms with Crippen molar-refractivity contribution in [2.45, 2.75) is 32.0 Å². The van der Waals surface area contributed by atoms with Crippen LogP contribution in [0.3, 0.4) is 0 Å². The van der Waals surface area contributed by atoms with Gasteiger partial charge < -0.3 is 9.80 Å². The molecular formula is C18H26F3N3. The van der Waals surface area contributed by atoms with Gasteiger partial charge in [0.15, 0.2) is 0 Å². The zero-order valence-corrected chi connectivity index (χ0v) is 14.2. The second kappa shape index (κ2) is 7.31. The molecule has 2 heterocycles. The van der Waals surface area contributed by atoms with Crippen LogP contribution in [-0.2, 0) is 6.18 Å². The number of piperidine rings is 1. The lowest BCUT2D eigenvalue weighted by molar-refractivity contribution is -0.137. The molecule has 0 aliphatic carbocycles. The van der Waals surface area contributed by atoms with Gasteiger partial charge in [0.1, 0.15) is 0 Å². The van der Waals surface area contributed by atoms with Gasteiger partial charge in [0.05, 0.1) is 5.56 Å². The average Bonchev–Trinajstić information content (AvgIpc) is 2.61. The molecule has 1 aromatic carbocycles. The van der Waals surface area contributed by atoms with Crippen LogP contribution >= 0.6 is 0 Å². The van der Waals surface area contributed by atoms with E-state index in [1.54, 1.807) is 6.07 Å². The van der Waals surface area contributed by atoms with E-state index in [1.807, 2.05) is 0 Å². The number of rotatable bonds is 3. The number of likely N-dealkylation sites (tertiary alicyclic amines) is 1. The zero-order valence-electron chi connectivity index (χ0n) is 14.2. The van der Waals surface area contributed by atoms with Gasteiger partial charge >= 0.3 is 6.18 Å². The number of hydrogen-bond donors (Lipinski definition) is 0. The Hall–Kier alpha value is -1.27. The molecule has 2 aliphatic heterocycles. The number of anilines is 1. The Balaban J connectivity index is 1.59. The molecule has 134 valence electrons. The molecule has 0 spiro atoms. The van der Waals surface area contributed by atoms with Crippen LogP contribution in [0.1, 0.15) is 25.3 Å².